The summed E-state index contributed by atoms with van der Waals surface area (Å²) in [5, 5.41) is 9.41. The van der Waals surface area contributed by atoms with Crippen molar-refractivity contribution in [1.82, 2.24) is 0 Å². The van der Waals surface area contributed by atoms with E-state index in [0.717, 1.165) is 22.2 Å². The second kappa shape index (κ2) is 10.3. The Balaban J connectivity index is 1.59. The lowest BCUT2D eigenvalue weighted by molar-refractivity contribution is -0.113. The Morgan fingerprint density at radius 2 is 1.88 bits per heavy atom. The number of amides is 2. The Morgan fingerprint density at radius 1 is 1.15 bits per heavy atom. The van der Waals surface area contributed by atoms with E-state index in [1.54, 1.807) is 54.6 Å². The lowest BCUT2D eigenvalue weighted by Gasteiger charge is -2.14. The molecule has 1 saturated heterocycles. The molecule has 0 spiro atoms. The van der Waals surface area contributed by atoms with Gasteiger partial charge in [-0.05, 0) is 81.8 Å². The number of imide groups is 1. The number of nitriles is 1. The molecule has 3 aromatic carbocycles. The van der Waals surface area contributed by atoms with Crippen LogP contribution in [0.3, 0.4) is 0 Å². The molecule has 0 saturated carbocycles. The van der Waals surface area contributed by atoms with E-state index in [0.29, 0.717) is 37.8 Å². The third kappa shape index (κ3) is 4.97. The van der Waals surface area contributed by atoms with Crippen LogP contribution in [0.2, 0.25) is 5.02 Å². The molecule has 0 bridgehead atoms. The van der Waals surface area contributed by atoms with Gasteiger partial charge in [-0.15, -0.1) is 0 Å². The Bertz CT molecular complexity index is 1350. The molecule has 0 aliphatic carbocycles. The number of anilines is 1. The maximum atomic E-state index is 12.9. The predicted octanol–water partition coefficient (Wildman–Crippen LogP) is 6.80. The molecule has 2 amide bonds. The molecule has 0 atom stereocenters. The summed E-state index contributed by atoms with van der Waals surface area (Å²) >= 11 is 10.3. The van der Waals surface area contributed by atoms with E-state index in [2.05, 4.69) is 22.0 Å². The fourth-order valence-corrected chi connectivity index (χ4v) is 4.84. The normalized spacial score (nSPS) is 14.4. The average Bonchev–Trinajstić information content (AvgIpc) is 3.11. The zero-order valence-corrected chi connectivity index (χ0v) is 20.9. The number of thioether (sulfide) groups is 1. The van der Waals surface area contributed by atoms with Crippen LogP contribution < -0.4 is 14.4 Å². The summed E-state index contributed by atoms with van der Waals surface area (Å²) in [6, 6.07) is 19.3. The van der Waals surface area contributed by atoms with Gasteiger partial charge >= 0.3 is 0 Å². The fourth-order valence-electron chi connectivity index (χ4n) is 3.30. The highest BCUT2D eigenvalue weighted by Crippen LogP contribution is 2.40. The van der Waals surface area contributed by atoms with E-state index in [9.17, 15) is 14.9 Å². The average molecular weight is 556 g/mol. The van der Waals surface area contributed by atoms with Gasteiger partial charge in [0.2, 0.25) is 0 Å². The lowest BCUT2D eigenvalue weighted by Crippen LogP contribution is -2.27. The van der Waals surface area contributed by atoms with Crippen molar-refractivity contribution in [2.45, 2.75) is 6.61 Å². The maximum Gasteiger partial charge on any atom is 0.298 e. The van der Waals surface area contributed by atoms with E-state index in [1.165, 1.54) is 7.11 Å². The van der Waals surface area contributed by atoms with E-state index in [-0.39, 0.29) is 16.8 Å². The van der Waals surface area contributed by atoms with Gasteiger partial charge in [0.1, 0.15) is 6.61 Å². The zero-order chi connectivity index (χ0) is 24.2. The highest BCUT2D eigenvalue weighted by molar-refractivity contribution is 9.10. The minimum Gasteiger partial charge on any atom is -0.493 e. The predicted molar refractivity (Wildman–Crippen MR) is 136 cm³/mol. The number of carbonyl (C=O) groups excluding carboxylic acids is 2. The summed E-state index contributed by atoms with van der Waals surface area (Å²) in [4.78, 5) is 26.8. The van der Waals surface area contributed by atoms with Crippen molar-refractivity contribution in [1.29, 1.82) is 5.26 Å². The van der Waals surface area contributed by atoms with Crippen molar-refractivity contribution in [2.24, 2.45) is 0 Å². The number of methoxy groups -OCH3 is 1. The Morgan fingerprint density at radius 3 is 2.59 bits per heavy atom. The second-order valence-corrected chi connectivity index (χ2v) is 9.37. The van der Waals surface area contributed by atoms with Crippen molar-refractivity contribution in [3.05, 3.63) is 91.8 Å². The summed E-state index contributed by atoms with van der Waals surface area (Å²) < 4.78 is 12.0. The summed E-state index contributed by atoms with van der Waals surface area (Å²) in [5.74, 6) is 0.481. The number of nitrogens with zero attached hydrogens (tertiary/aromatic N) is 2. The van der Waals surface area contributed by atoms with Crippen molar-refractivity contribution >= 4 is 62.2 Å². The molecule has 4 rings (SSSR count). The first-order valence-corrected chi connectivity index (χ1v) is 11.9. The molecule has 1 heterocycles. The second-order valence-electron chi connectivity index (χ2n) is 7.09. The number of rotatable bonds is 6. The van der Waals surface area contributed by atoms with Crippen LogP contribution in [0.5, 0.6) is 11.5 Å². The topological polar surface area (TPSA) is 79.6 Å². The number of benzene rings is 3. The van der Waals surface area contributed by atoms with E-state index in [1.807, 2.05) is 12.1 Å². The minimum atomic E-state index is -0.416. The molecule has 0 radical (unpaired) electrons. The monoisotopic (exact) mass is 554 g/mol. The number of halogens is 2. The first-order valence-electron chi connectivity index (χ1n) is 9.93. The smallest absolute Gasteiger partial charge is 0.298 e. The van der Waals surface area contributed by atoms with Crippen LogP contribution in [-0.4, -0.2) is 18.3 Å². The van der Waals surface area contributed by atoms with Crippen molar-refractivity contribution < 1.29 is 19.1 Å². The van der Waals surface area contributed by atoms with Gasteiger partial charge in [-0.3, -0.25) is 9.59 Å². The standard InChI is InChI=1S/C25H16BrClN2O4S/c1-32-21-11-15(10-20(26)23(21)33-14-17-5-3-2-4-16(17)13-28)12-22-24(30)29(25(31)34-22)19-8-6-18(27)7-9-19/h2-12H,14H2,1H3/b22-12+. The van der Waals surface area contributed by atoms with Crippen molar-refractivity contribution in [2.75, 3.05) is 12.0 Å². The van der Waals surface area contributed by atoms with Gasteiger partial charge in [-0.25, -0.2) is 4.90 Å². The van der Waals surface area contributed by atoms with Gasteiger partial charge in [0.15, 0.2) is 11.5 Å². The van der Waals surface area contributed by atoms with Crippen LogP contribution in [0.25, 0.3) is 6.08 Å². The van der Waals surface area contributed by atoms with Crippen LogP contribution in [0.4, 0.5) is 10.5 Å². The Kier molecular flexibility index (Phi) is 7.27. The van der Waals surface area contributed by atoms with Gasteiger partial charge < -0.3 is 9.47 Å². The summed E-state index contributed by atoms with van der Waals surface area (Å²) in [7, 11) is 1.51. The third-order valence-electron chi connectivity index (χ3n) is 4.94. The number of carbonyl (C=O) groups is 2. The lowest BCUT2D eigenvalue weighted by atomic mass is 10.1. The van der Waals surface area contributed by atoms with Crippen LogP contribution in [0.15, 0.2) is 70.0 Å². The van der Waals surface area contributed by atoms with E-state index < -0.39 is 5.91 Å². The first-order chi connectivity index (χ1) is 16.4. The third-order valence-corrected chi connectivity index (χ3v) is 6.65. The summed E-state index contributed by atoms with van der Waals surface area (Å²) in [6.07, 6.45) is 1.63. The molecule has 1 aliphatic heterocycles. The van der Waals surface area contributed by atoms with E-state index >= 15 is 0 Å². The molecule has 6 nitrogen and oxygen atoms in total. The van der Waals surface area contributed by atoms with Crippen LogP contribution in [0, 0.1) is 11.3 Å². The molecule has 1 aliphatic rings. The molecule has 0 unspecified atom stereocenters. The molecule has 34 heavy (non-hydrogen) atoms. The Hall–Kier alpha value is -3.25. The molecular weight excluding hydrogens is 540 g/mol. The molecule has 3 aromatic rings. The SMILES string of the molecule is COc1cc(/C=C2/SC(=O)N(c3ccc(Cl)cc3)C2=O)cc(Br)c1OCc1ccccc1C#N. The first kappa shape index (κ1) is 23.9. The maximum absolute atomic E-state index is 12.9. The molecular formula is C25H16BrClN2O4S. The molecule has 0 aromatic heterocycles. The molecule has 0 N–H and O–H groups in total. The largest absolute Gasteiger partial charge is 0.493 e. The summed E-state index contributed by atoms with van der Waals surface area (Å²) in [5.41, 5.74) is 2.38. The number of ether oxygens (including phenoxy) is 2. The minimum absolute atomic E-state index is 0.179. The van der Waals surface area contributed by atoms with Crippen LogP contribution in [0.1, 0.15) is 16.7 Å². The molecule has 1 fully saturated rings. The number of hydrogen-bond acceptors (Lipinski definition) is 6. The number of hydrogen-bond donors (Lipinski definition) is 0. The van der Waals surface area contributed by atoms with Gasteiger partial charge in [-0.1, -0.05) is 29.8 Å². The Labute approximate surface area is 213 Å². The summed E-state index contributed by atoms with van der Waals surface area (Å²) in [6.45, 7) is 0.179. The van der Waals surface area contributed by atoms with Gasteiger partial charge in [0.05, 0.1) is 33.8 Å². The van der Waals surface area contributed by atoms with Crippen LogP contribution >= 0.6 is 39.3 Å². The van der Waals surface area contributed by atoms with Gasteiger partial charge in [-0.2, -0.15) is 5.26 Å². The molecule has 9 heteroatoms. The molecule has 170 valence electrons. The van der Waals surface area contributed by atoms with Gasteiger partial charge in [0.25, 0.3) is 11.1 Å². The van der Waals surface area contributed by atoms with Crippen molar-refractivity contribution in [3.63, 3.8) is 0 Å². The van der Waals surface area contributed by atoms with Gasteiger partial charge in [0, 0.05) is 10.6 Å². The van der Waals surface area contributed by atoms with Crippen LogP contribution in [-0.2, 0) is 11.4 Å². The highest BCUT2D eigenvalue weighted by Gasteiger charge is 2.36. The quantitative estimate of drug-likeness (QED) is 0.311. The van der Waals surface area contributed by atoms with Crippen molar-refractivity contribution in [3.8, 4) is 17.6 Å². The van der Waals surface area contributed by atoms with E-state index in [4.69, 9.17) is 21.1 Å². The zero-order valence-electron chi connectivity index (χ0n) is 17.7. The fraction of sp³-hybridized carbons (Fsp3) is 0.0800. The highest BCUT2D eigenvalue weighted by atomic mass is 79.9.